The highest BCUT2D eigenvalue weighted by atomic mass is 16.3. The minimum absolute atomic E-state index is 0.225. The van der Waals surface area contributed by atoms with Crippen molar-refractivity contribution in [3.8, 4) is 0 Å². The van der Waals surface area contributed by atoms with Crippen LogP contribution in [0.2, 0.25) is 0 Å². The van der Waals surface area contributed by atoms with E-state index in [-0.39, 0.29) is 12.0 Å². The number of benzene rings is 1. The Hall–Kier alpha value is -0.820. The number of rotatable bonds is 7. The lowest BCUT2D eigenvalue weighted by molar-refractivity contribution is 0.0929. The summed E-state index contributed by atoms with van der Waals surface area (Å²) in [4.78, 5) is 0. The van der Waals surface area contributed by atoms with Crippen molar-refractivity contribution in [2.24, 2.45) is 11.8 Å². The zero-order chi connectivity index (χ0) is 13.5. The van der Waals surface area contributed by atoms with Crippen LogP contribution >= 0.6 is 0 Å². The van der Waals surface area contributed by atoms with Gasteiger partial charge in [-0.1, -0.05) is 70.9 Å². The van der Waals surface area contributed by atoms with Crippen molar-refractivity contribution in [3.63, 3.8) is 0 Å². The van der Waals surface area contributed by atoms with Gasteiger partial charge in [0, 0.05) is 5.92 Å². The molecule has 0 heterocycles. The van der Waals surface area contributed by atoms with Crippen molar-refractivity contribution in [3.05, 3.63) is 35.9 Å². The van der Waals surface area contributed by atoms with E-state index in [9.17, 15) is 5.11 Å². The van der Waals surface area contributed by atoms with Crippen LogP contribution in [0.1, 0.15) is 58.4 Å². The molecule has 0 aliphatic heterocycles. The molecule has 0 saturated heterocycles. The molecule has 1 nitrogen and oxygen atoms in total. The molecule has 0 aliphatic carbocycles. The maximum Gasteiger partial charge on any atom is 0.0613 e. The molecular weight excluding hydrogens is 220 g/mol. The van der Waals surface area contributed by atoms with Gasteiger partial charge in [-0.2, -0.15) is 0 Å². The molecular formula is C17H28O. The van der Waals surface area contributed by atoms with Crippen LogP contribution in [-0.2, 0) is 0 Å². The Kier molecular flexibility index (Phi) is 6.42. The zero-order valence-electron chi connectivity index (χ0n) is 12.3. The van der Waals surface area contributed by atoms with E-state index in [2.05, 4.69) is 52.0 Å². The third-order valence-corrected chi connectivity index (χ3v) is 4.20. The molecule has 1 aromatic carbocycles. The minimum Gasteiger partial charge on any atom is -0.392 e. The molecule has 1 N–H and O–H groups in total. The zero-order valence-corrected chi connectivity index (χ0v) is 12.3. The van der Waals surface area contributed by atoms with Crippen LogP contribution in [0.5, 0.6) is 0 Å². The molecule has 4 unspecified atom stereocenters. The van der Waals surface area contributed by atoms with Crippen LogP contribution in [0.25, 0.3) is 0 Å². The van der Waals surface area contributed by atoms with Crippen LogP contribution in [0.4, 0.5) is 0 Å². The Morgan fingerprint density at radius 3 is 2.11 bits per heavy atom. The van der Waals surface area contributed by atoms with Gasteiger partial charge < -0.3 is 5.11 Å². The van der Waals surface area contributed by atoms with Crippen LogP contribution in [0.3, 0.4) is 0 Å². The second kappa shape index (κ2) is 7.58. The van der Waals surface area contributed by atoms with Crippen molar-refractivity contribution in [1.29, 1.82) is 0 Å². The van der Waals surface area contributed by atoms with E-state index < -0.39 is 0 Å². The van der Waals surface area contributed by atoms with Gasteiger partial charge in [0.2, 0.25) is 0 Å². The van der Waals surface area contributed by atoms with Gasteiger partial charge in [-0.25, -0.2) is 0 Å². The molecule has 0 bridgehead atoms. The van der Waals surface area contributed by atoms with Crippen molar-refractivity contribution in [2.75, 3.05) is 0 Å². The monoisotopic (exact) mass is 248 g/mol. The van der Waals surface area contributed by atoms with Crippen molar-refractivity contribution >= 4 is 0 Å². The quantitative estimate of drug-likeness (QED) is 0.747. The fraction of sp³-hybridized carbons (Fsp3) is 0.647. The second-order valence-electron chi connectivity index (χ2n) is 5.64. The smallest absolute Gasteiger partial charge is 0.0613 e. The average Bonchev–Trinajstić information content (AvgIpc) is 2.39. The summed E-state index contributed by atoms with van der Waals surface area (Å²) in [5.41, 5.74) is 1.28. The molecule has 0 spiro atoms. The van der Waals surface area contributed by atoms with Gasteiger partial charge in [0.25, 0.3) is 0 Å². The summed E-state index contributed by atoms with van der Waals surface area (Å²) in [6.45, 7) is 8.87. The molecule has 1 aromatic rings. The first-order chi connectivity index (χ1) is 8.60. The summed E-state index contributed by atoms with van der Waals surface area (Å²) in [7, 11) is 0. The van der Waals surface area contributed by atoms with Gasteiger partial charge in [-0.15, -0.1) is 0 Å². The summed E-state index contributed by atoms with van der Waals surface area (Å²) < 4.78 is 0. The molecule has 1 heteroatoms. The van der Waals surface area contributed by atoms with Gasteiger partial charge >= 0.3 is 0 Å². The van der Waals surface area contributed by atoms with Crippen molar-refractivity contribution < 1.29 is 5.11 Å². The van der Waals surface area contributed by atoms with Gasteiger partial charge in [0.15, 0.2) is 0 Å². The van der Waals surface area contributed by atoms with E-state index in [0.717, 1.165) is 19.3 Å². The molecule has 4 atom stereocenters. The Morgan fingerprint density at radius 2 is 1.61 bits per heavy atom. The van der Waals surface area contributed by atoms with Crippen molar-refractivity contribution in [1.82, 2.24) is 0 Å². The lowest BCUT2D eigenvalue weighted by atomic mass is 9.78. The largest absolute Gasteiger partial charge is 0.392 e. The Balaban J connectivity index is 2.85. The van der Waals surface area contributed by atoms with Crippen LogP contribution in [0, 0.1) is 11.8 Å². The lowest BCUT2D eigenvalue weighted by Gasteiger charge is -2.30. The normalized spacial score (nSPS) is 18.1. The van der Waals surface area contributed by atoms with Crippen LogP contribution in [-0.4, -0.2) is 11.2 Å². The predicted molar refractivity (Wildman–Crippen MR) is 78.7 cm³/mol. The van der Waals surface area contributed by atoms with Gasteiger partial charge in [-0.3, -0.25) is 0 Å². The third kappa shape index (κ3) is 4.13. The van der Waals surface area contributed by atoms with E-state index in [4.69, 9.17) is 0 Å². The molecule has 18 heavy (non-hydrogen) atoms. The van der Waals surface area contributed by atoms with E-state index in [1.54, 1.807) is 0 Å². The molecule has 102 valence electrons. The fourth-order valence-corrected chi connectivity index (χ4v) is 2.58. The molecule has 0 fully saturated rings. The van der Waals surface area contributed by atoms with Crippen LogP contribution in [0.15, 0.2) is 30.3 Å². The number of hydrogen-bond acceptors (Lipinski definition) is 1. The predicted octanol–water partition coefficient (Wildman–Crippen LogP) is 4.61. The van der Waals surface area contributed by atoms with Gasteiger partial charge in [-0.05, 0) is 23.8 Å². The highest BCUT2D eigenvalue weighted by molar-refractivity contribution is 5.21. The Labute approximate surface area is 112 Å². The fourth-order valence-electron chi connectivity index (χ4n) is 2.58. The first kappa shape index (κ1) is 15.2. The number of hydrogen-bond donors (Lipinski definition) is 1. The second-order valence-corrected chi connectivity index (χ2v) is 5.64. The highest BCUT2D eigenvalue weighted by Gasteiger charge is 2.26. The lowest BCUT2D eigenvalue weighted by Crippen LogP contribution is -2.26. The van der Waals surface area contributed by atoms with E-state index in [0.29, 0.717) is 11.8 Å². The standard InChI is InChI=1S/C17H28O/c1-5-13(3)12-16(18)17(14(4)6-2)15-10-8-7-9-11-15/h7-11,13-14,16-18H,5-6,12H2,1-4H3. The number of aliphatic hydroxyl groups is 1. The van der Waals surface area contributed by atoms with E-state index >= 15 is 0 Å². The Bertz CT molecular complexity index is 320. The first-order valence-corrected chi connectivity index (χ1v) is 7.33. The number of aliphatic hydroxyl groups excluding tert-OH is 1. The average molecular weight is 248 g/mol. The van der Waals surface area contributed by atoms with Crippen LogP contribution < -0.4 is 0 Å². The topological polar surface area (TPSA) is 20.2 Å². The molecule has 1 rings (SSSR count). The first-order valence-electron chi connectivity index (χ1n) is 7.33. The van der Waals surface area contributed by atoms with Gasteiger partial charge in [0.1, 0.15) is 0 Å². The maximum atomic E-state index is 10.6. The van der Waals surface area contributed by atoms with E-state index in [1.807, 2.05) is 6.07 Å². The van der Waals surface area contributed by atoms with Gasteiger partial charge in [0.05, 0.1) is 6.10 Å². The summed E-state index contributed by atoms with van der Waals surface area (Å²) >= 11 is 0. The highest BCUT2D eigenvalue weighted by Crippen LogP contribution is 2.33. The Morgan fingerprint density at radius 1 is 1.00 bits per heavy atom. The molecule has 0 radical (unpaired) electrons. The molecule has 0 aromatic heterocycles. The molecule has 0 amide bonds. The minimum atomic E-state index is -0.225. The molecule has 0 saturated carbocycles. The SMILES string of the molecule is CCC(C)CC(O)C(c1ccccc1)C(C)CC. The summed E-state index contributed by atoms with van der Waals surface area (Å²) in [6, 6.07) is 10.5. The molecule has 0 aliphatic rings. The summed E-state index contributed by atoms with van der Waals surface area (Å²) in [6.07, 6.45) is 2.92. The summed E-state index contributed by atoms with van der Waals surface area (Å²) in [5, 5.41) is 10.6. The third-order valence-electron chi connectivity index (χ3n) is 4.20. The van der Waals surface area contributed by atoms with E-state index in [1.165, 1.54) is 5.56 Å². The summed E-state index contributed by atoms with van der Waals surface area (Å²) in [5.74, 6) is 1.38. The van der Waals surface area contributed by atoms with Crippen molar-refractivity contribution in [2.45, 2.75) is 59.0 Å². The maximum absolute atomic E-state index is 10.6.